The zero-order valence-corrected chi connectivity index (χ0v) is 13.1. The van der Waals surface area contributed by atoms with Crippen molar-refractivity contribution in [2.45, 2.75) is 9.79 Å². The van der Waals surface area contributed by atoms with Crippen molar-refractivity contribution in [3.8, 4) is 0 Å². The Morgan fingerprint density at radius 1 is 1.24 bits per heavy atom. The van der Waals surface area contributed by atoms with Crippen LogP contribution in [0.15, 0.2) is 52.3 Å². The lowest BCUT2D eigenvalue weighted by Gasteiger charge is -2.09. The van der Waals surface area contributed by atoms with E-state index in [0.29, 0.717) is 10.6 Å². The molecule has 6 heteroatoms. The van der Waals surface area contributed by atoms with Gasteiger partial charge in [-0.15, -0.1) is 23.5 Å². The first kappa shape index (κ1) is 15.7. The van der Waals surface area contributed by atoms with Crippen molar-refractivity contribution in [1.29, 1.82) is 0 Å². The Kier molecular flexibility index (Phi) is 5.52. The van der Waals surface area contributed by atoms with E-state index in [9.17, 15) is 9.18 Å². The number of hydrogen-bond acceptors (Lipinski definition) is 4. The summed E-state index contributed by atoms with van der Waals surface area (Å²) in [6.45, 7) is 0. The number of benzene rings is 2. The highest BCUT2D eigenvalue weighted by molar-refractivity contribution is 8.00. The summed E-state index contributed by atoms with van der Waals surface area (Å²) < 4.78 is 13.1. The van der Waals surface area contributed by atoms with Gasteiger partial charge in [-0.25, -0.2) is 4.39 Å². The lowest BCUT2D eigenvalue weighted by molar-refractivity contribution is -0.113. The van der Waals surface area contributed by atoms with E-state index in [0.717, 1.165) is 10.6 Å². The summed E-state index contributed by atoms with van der Waals surface area (Å²) in [7, 11) is 0. The summed E-state index contributed by atoms with van der Waals surface area (Å²) in [6.07, 6.45) is 1.95. The number of amides is 1. The van der Waals surface area contributed by atoms with Crippen LogP contribution in [-0.2, 0) is 4.79 Å². The van der Waals surface area contributed by atoms with Crippen LogP contribution in [0.3, 0.4) is 0 Å². The lowest BCUT2D eigenvalue weighted by Crippen LogP contribution is -2.14. The summed E-state index contributed by atoms with van der Waals surface area (Å²) in [6, 6.07) is 11.7. The monoisotopic (exact) mass is 322 g/mol. The van der Waals surface area contributed by atoms with Crippen molar-refractivity contribution in [3.05, 3.63) is 48.3 Å². The molecule has 2 rings (SSSR count). The van der Waals surface area contributed by atoms with E-state index < -0.39 is 0 Å². The minimum atomic E-state index is -0.361. The molecule has 110 valence electrons. The zero-order valence-electron chi connectivity index (χ0n) is 11.4. The first-order chi connectivity index (χ1) is 10.1. The Bertz CT molecular complexity index is 649. The molecule has 0 heterocycles. The number of thioether (sulfide) groups is 2. The number of carbonyl (C=O) groups excluding carboxylic acids is 1. The van der Waals surface area contributed by atoms with Gasteiger partial charge in [-0.1, -0.05) is 12.1 Å². The summed E-state index contributed by atoms with van der Waals surface area (Å²) in [5.74, 6) is -0.332. The van der Waals surface area contributed by atoms with Crippen LogP contribution in [0.25, 0.3) is 0 Å². The molecule has 0 aromatic heterocycles. The van der Waals surface area contributed by atoms with Crippen LogP contribution in [0, 0.1) is 5.82 Å². The number of hydrogen-bond donors (Lipinski definition) is 2. The smallest absolute Gasteiger partial charge is 0.234 e. The van der Waals surface area contributed by atoms with Crippen LogP contribution in [0.5, 0.6) is 0 Å². The molecule has 2 aromatic carbocycles. The second kappa shape index (κ2) is 7.38. The van der Waals surface area contributed by atoms with E-state index in [-0.39, 0.29) is 17.5 Å². The normalized spacial score (nSPS) is 10.4. The standard InChI is InChI=1S/C15H15FN2OS2/c1-20-13-5-3-2-4-12(13)18-15(19)9-21-14-8-10(16)6-7-11(14)17/h2-8H,9,17H2,1H3,(H,18,19). The van der Waals surface area contributed by atoms with E-state index in [1.807, 2.05) is 30.5 Å². The van der Waals surface area contributed by atoms with E-state index in [1.165, 1.54) is 30.0 Å². The van der Waals surface area contributed by atoms with Gasteiger partial charge in [0.2, 0.25) is 5.91 Å². The first-order valence-corrected chi connectivity index (χ1v) is 8.42. The van der Waals surface area contributed by atoms with Crippen LogP contribution < -0.4 is 11.1 Å². The number of rotatable bonds is 5. The number of halogens is 1. The van der Waals surface area contributed by atoms with Crippen molar-refractivity contribution in [3.63, 3.8) is 0 Å². The maximum absolute atomic E-state index is 13.1. The van der Waals surface area contributed by atoms with Gasteiger partial charge in [0.05, 0.1) is 11.4 Å². The Labute approximate surface area is 131 Å². The van der Waals surface area contributed by atoms with Gasteiger partial charge in [0, 0.05) is 15.5 Å². The van der Waals surface area contributed by atoms with Crippen LogP contribution in [0.1, 0.15) is 0 Å². The molecular weight excluding hydrogens is 307 g/mol. The minimum absolute atomic E-state index is 0.148. The number of nitrogens with one attached hydrogen (secondary N) is 1. The number of nitrogens with two attached hydrogens (primary N) is 1. The van der Waals surface area contributed by atoms with Gasteiger partial charge in [-0.2, -0.15) is 0 Å². The van der Waals surface area contributed by atoms with E-state index in [1.54, 1.807) is 11.8 Å². The fourth-order valence-corrected chi connectivity index (χ4v) is 3.05. The first-order valence-electron chi connectivity index (χ1n) is 6.21. The van der Waals surface area contributed by atoms with E-state index in [4.69, 9.17) is 5.73 Å². The molecule has 2 aromatic rings. The van der Waals surface area contributed by atoms with Gasteiger partial charge in [0.1, 0.15) is 5.82 Å². The van der Waals surface area contributed by atoms with Crippen molar-refractivity contribution in [2.75, 3.05) is 23.1 Å². The Morgan fingerprint density at radius 3 is 2.76 bits per heavy atom. The van der Waals surface area contributed by atoms with Crippen molar-refractivity contribution in [2.24, 2.45) is 0 Å². The largest absolute Gasteiger partial charge is 0.398 e. The Balaban J connectivity index is 1.97. The SMILES string of the molecule is CSc1ccccc1NC(=O)CSc1cc(F)ccc1N. The molecule has 0 bridgehead atoms. The zero-order chi connectivity index (χ0) is 15.2. The number of anilines is 2. The molecule has 0 unspecified atom stereocenters. The average molecular weight is 322 g/mol. The predicted octanol–water partition coefficient (Wildman–Crippen LogP) is 3.86. The summed E-state index contributed by atoms with van der Waals surface area (Å²) in [4.78, 5) is 13.5. The van der Waals surface area contributed by atoms with Gasteiger partial charge in [-0.05, 0) is 36.6 Å². The Hall–Kier alpha value is -1.66. The highest BCUT2D eigenvalue weighted by Gasteiger charge is 2.08. The molecule has 3 nitrogen and oxygen atoms in total. The molecule has 0 atom stereocenters. The minimum Gasteiger partial charge on any atom is -0.398 e. The van der Waals surface area contributed by atoms with Crippen LogP contribution in [0.4, 0.5) is 15.8 Å². The number of nitrogen functional groups attached to an aromatic ring is 1. The Morgan fingerprint density at radius 2 is 2.00 bits per heavy atom. The summed E-state index contributed by atoms with van der Waals surface area (Å²) >= 11 is 2.78. The highest BCUT2D eigenvalue weighted by Crippen LogP contribution is 2.27. The topological polar surface area (TPSA) is 55.1 Å². The van der Waals surface area contributed by atoms with Gasteiger partial charge in [-0.3, -0.25) is 4.79 Å². The fourth-order valence-electron chi connectivity index (χ4n) is 1.71. The maximum Gasteiger partial charge on any atom is 0.234 e. The second-order valence-electron chi connectivity index (χ2n) is 4.22. The quantitative estimate of drug-likeness (QED) is 0.648. The van der Waals surface area contributed by atoms with Gasteiger partial charge in [0.15, 0.2) is 0 Å². The highest BCUT2D eigenvalue weighted by atomic mass is 32.2. The van der Waals surface area contributed by atoms with E-state index >= 15 is 0 Å². The maximum atomic E-state index is 13.1. The van der Waals surface area contributed by atoms with Crippen LogP contribution in [-0.4, -0.2) is 17.9 Å². The molecule has 3 N–H and O–H groups in total. The average Bonchev–Trinajstić information content (AvgIpc) is 2.49. The fraction of sp³-hybridized carbons (Fsp3) is 0.133. The second-order valence-corrected chi connectivity index (χ2v) is 6.08. The molecule has 0 aliphatic rings. The molecule has 0 aliphatic heterocycles. The van der Waals surface area contributed by atoms with Gasteiger partial charge >= 0.3 is 0 Å². The van der Waals surface area contributed by atoms with Gasteiger partial charge in [0.25, 0.3) is 0 Å². The van der Waals surface area contributed by atoms with Gasteiger partial charge < -0.3 is 11.1 Å². The number of para-hydroxylation sites is 1. The molecule has 0 radical (unpaired) electrons. The summed E-state index contributed by atoms with van der Waals surface area (Å²) in [5, 5.41) is 2.85. The molecule has 1 amide bonds. The predicted molar refractivity (Wildman–Crippen MR) is 88.4 cm³/mol. The molecule has 0 saturated carbocycles. The third-order valence-electron chi connectivity index (χ3n) is 2.72. The van der Waals surface area contributed by atoms with Crippen molar-refractivity contribution >= 4 is 40.8 Å². The third kappa shape index (κ3) is 4.41. The summed E-state index contributed by atoms with van der Waals surface area (Å²) in [5.41, 5.74) is 7.00. The van der Waals surface area contributed by atoms with Crippen molar-refractivity contribution in [1.82, 2.24) is 0 Å². The van der Waals surface area contributed by atoms with E-state index in [2.05, 4.69) is 5.32 Å². The molecule has 0 fully saturated rings. The molecule has 0 aliphatic carbocycles. The van der Waals surface area contributed by atoms with Crippen molar-refractivity contribution < 1.29 is 9.18 Å². The van der Waals surface area contributed by atoms with Crippen LogP contribution in [0.2, 0.25) is 0 Å². The molecule has 0 saturated heterocycles. The lowest BCUT2D eigenvalue weighted by atomic mass is 10.3. The molecular formula is C15H15FN2OS2. The molecule has 0 spiro atoms. The molecule has 21 heavy (non-hydrogen) atoms. The van der Waals surface area contributed by atoms with Crippen LogP contribution >= 0.6 is 23.5 Å². The third-order valence-corrected chi connectivity index (χ3v) is 4.58. The number of carbonyl (C=O) groups is 1.